The molecule has 4 nitrogen and oxygen atoms in total. The third-order valence-corrected chi connectivity index (χ3v) is 4.16. The Hall–Kier alpha value is -2.40. The minimum atomic E-state index is -0.642. The molecular formula is C19H20ClFN2O2. The molecule has 0 aliphatic rings. The van der Waals surface area contributed by atoms with Crippen LogP contribution in [0.5, 0.6) is 0 Å². The summed E-state index contributed by atoms with van der Waals surface area (Å²) < 4.78 is 13.0. The molecule has 0 aromatic heterocycles. The maximum absolute atomic E-state index is 13.0. The third kappa shape index (κ3) is 5.29. The predicted octanol–water partition coefficient (Wildman–Crippen LogP) is 3.18. The van der Waals surface area contributed by atoms with E-state index < -0.39 is 6.04 Å². The Morgan fingerprint density at radius 3 is 2.44 bits per heavy atom. The number of hydrogen-bond donors (Lipinski definition) is 1. The third-order valence-electron chi connectivity index (χ3n) is 3.92. The summed E-state index contributed by atoms with van der Waals surface area (Å²) in [7, 11) is 1.53. The molecule has 25 heavy (non-hydrogen) atoms. The lowest BCUT2D eigenvalue weighted by atomic mass is 10.1. The molecule has 0 spiro atoms. The van der Waals surface area contributed by atoms with Crippen molar-refractivity contribution in [3.05, 3.63) is 70.5 Å². The Morgan fingerprint density at radius 2 is 1.84 bits per heavy atom. The highest BCUT2D eigenvalue weighted by Gasteiger charge is 2.25. The van der Waals surface area contributed by atoms with Crippen LogP contribution in [0.25, 0.3) is 0 Å². The normalized spacial score (nSPS) is 11.7. The van der Waals surface area contributed by atoms with Crippen LogP contribution in [0.3, 0.4) is 0 Å². The first-order valence-corrected chi connectivity index (χ1v) is 8.28. The summed E-state index contributed by atoms with van der Waals surface area (Å²) in [5.41, 5.74) is 1.52. The van der Waals surface area contributed by atoms with Gasteiger partial charge >= 0.3 is 0 Å². The molecule has 1 N–H and O–H groups in total. The lowest BCUT2D eigenvalue weighted by Crippen LogP contribution is -2.47. The first kappa shape index (κ1) is 18.9. The van der Waals surface area contributed by atoms with E-state index in [1.54, 1.807) is 37.3 Å². The van der Waals surface area contributed by atoms with E-state index in [2.05, 4.69) is 5.32 Å². The lowest BCUT2D eigenvalue weighted by Gasteiger charge is -2.28. The largest absolute Gasteiger partial charge is 0.357 e. The van der Waals surface area contributed by atoms with Gasteiger partial charge in [0.1, 0.15) is 11.9 Å². The van der Waals surface area contributed by atoms with Crippen molar-refractivity contribution < 1.29 is 14.0 Å². The van der Waals surface area contributed by atoms with Crippen molar-refractivity contribution >= 4 is 23.4 Å². The molecular weight excluding hydrogens is 343 g/mol. The van der Waals surface area contributed by atoms with Crippen LogP contribution in [0.1, 0.15) is 18.1 Å². The smallest absolute Gasteiger partial charge is 0.242 e. The van der Waals surface area contributed by atoms with Crippen LogP contribution in [0.2, 0.25) is 5.02 Å². The van der Waals surface area contributed by atoms with Crippen molar-refractivity contribution in [1.29, 1.82) is 0 Å². The maximum Gasteiger partial charge on any atom is 0.242 e. The number of carbonyl (C=O) groups excluding carboxylic acids is 2. The molecule has 0 fully saturated rings. The van der Waals surface area contributed by atoms with E-state index in [9.17, 15) is 14.0 Å². The van der Waals surface area contributed by atoms with E-state index in [-0.39, 0.29) is 30.6 Å². The number of halogens is 2. The van der Waals surface area contributed by atoms with Crippen molar-refractivity contribution in [2.75, 3.05) is 7.05 Å². The Morgan fingerprint density at radius 1 is 1.16 bits per heavy atom. The molecule has 2 amide bonds. The highest BCUT2D eigenvalue weighted by atomic mass is 35.5. The van der Waals surface area contributed by atoms with E-state index in [0.29, 0.717) is 10.6 Å². The molecule has 2 aromatic rings. The molecule has 0 bridgehead atoms. The monoisotopic (exact) mass is 362 g/mol. The Bertz CT molecular complexity index is 749. The molecule has 0 saturated carbocycles. The summed E-state index contributed by atoms with van der Waals surface area (Å²) >= 11 is 6.00. The van der Waals surface area contributed by atoms with Crippen molar-refractivity contribution in [2.24, 2.45) is 0 Å². The average molecular weight is 363 g/mol. The molecule has 0 aliphatic heterocycles. The van der Waals surface area contributed by atoms with Crippen molar-refractivity contribution in [2.45, 2.75) is 25.9 Å². The van der Waals surface area contributed by atoms with Crippen LogP contribution in [-0.4, -0.2) is 29.8 Å². The summed E-state index contributed by atoms with van der Waals surface area (Å²) in [5, 5.41) is 3.13. The minimum Gasteiger partial charge on any atom is -0.357 e. The van der Waals surface area contributed by atoms with E-state index in [0.717, 1.165) is 5.56 Å². The van der Waals surface area contributed by atoms with Gasteiger partial charge in [-0.3, -0.25) is 9.59 Å². The number of likely N-dealkylation sites (N-methyl/N-ethyl adjacent to an activating group) is 1. The van der Waals surface area contributed by atoms with Crippen molar-refractivity contribution in [3.8, 4) is 0 Å². The second kappa shape index (κ2) is 8.62. The van der Waals surface area contributed by atoms with Gasteiger partial charge < -0.3 is 10.2 Å². The zero-order chi connectivity index (χ0) is 18.4. The summed E-state index contributed by atoms with van der Waals surface area (Å²) in [4.78, 5) is 26.3. The van der Waals surface area contributed by atoms with Gasteiger partial charge in [0.05, 0.1) is 6.42 Å². The molecule has 6 heteroatoms. The highest BCUT2D eigenvalue weighted by Crippen LogP contribution is 2.16. The Balaban J connectivity index is 2.21. The van der Waals surface area contributed by atoms with Crippen LogP contribution < -0.4 is 5.32 Å². The molecule has 0 saturated heterocycles. The Kier molecular flexibility index (Phi) is 6.53. The van der Waals surface area contributed by atoms with Gasteiger partial charge in [-0.25, -0.2) is 4.39 Å². The highest BCUT2D eigenvalue weighted by molar-refractivity contribution is 6.30. The zero-order valence-electron chi connectivity index (χ0n) is 14.1. The van der Waals surface area contributed by atoms with Gasteiger partial charge in [-0.15, -0.1) is 0 Å². The maximum atomic E-state index is 13.0. The molecule has 0 radical (unpaired) electrons. The SMILES string of the molecule is CNC(=O)[C@@H](C)N(Cc1cccc(Cl)c1)C(=O)Cc1ccc(F)cc1. The average Bonchev–Trinajstić information content (AvgIpc) is 2.60. The molecule has 0 heterocycles. The fourth-order valence-corrected chi connectivity index (χ4v) is 2.71. The molecule has 0 aliphatic carbocycles. The second-order valence-corrected chi connectivity index (χ2v) is 6.18. The number of nitrogens with one attached hydrogen (secondary N) is 1. The van der Waals surface area contributed by atoms with Gasteiger partial charge in [0, 0.05) is 18.6 Å². The van der Waals surface area contributed by atoms with Crippen LogP contribution in [0.15, 0.2) is 48.5 Å². The van der Waals surface area contributed by atoms with E-state index in [1.165, 1.54) is 24.1 Å². The van der Waals surface area contributed by atoms with Crippen molar-refractivity contribution in [3.63, 3.8) is 0 Å². The minimum absolute atomic E-state index is 0.0855. The number of hydrogen-bond acceptors (Lipinski definition) is 2. The van der Waals surface area contributed by atoms with E-state index >= 15 is 0 Å². The second-order valence-electron chi connectivity index (χ2n) is 5.75. The number of rotatable bonds is 6. The standard InChI is InChI=1S/C19H20ClFN2O2/c1-13(19(25)22-2)23(12-15-4-3-5-16(20)10-15)18(24)11-14-6-8-17(21)9-7-14/h3-10,13H,11-12H2,1-2H3,(H,22,25)/t13-/m1/s1. The number of amides is 2. The molecule has 132 valence electrons. The van der Waals surface area contributed by atoms with Crippen molar-refractivity contribution in [1.82, 2.24) is 10.2 Å². The van der Waals surface area contributed by atoms with E-state index in [1.807, 2.05) is 6.07 Å². The number of carbonyl (C=O) groups is 2. The number of nitrogens with zero attached hydrogens (tertiary/aromatic N) is 1. The van der Waals surface area contributed by atoms with Gasteiger partial charge in [0.25, 0.3) is 0 Å². The molecule has 0 unspecified atom stereocenters. The fourth-order valence-electron chi connectivity index (χ4n) is 2.50. The van der Waals surface area contributed by atoms with Gasteiger partial charge in [0.15, 0.2) is 0 Å². The van der Waals surface area contributed by atoms with Crippen LogP contribution >= 0.6 is 11.6 Å². The van der Waals surface area contributed by atoms with Crippen LogP contribution in [-0.2, 0) is 22.6 Å². The summed E-state index contributed by atoms with van der Waals surface area (Å²) in [6.07, 6.45) is 0.0855. The van der Waals surface area contributed by atoms with Gasteiger partial charge in [-0.2, -0.15) is 0 Å². The summed E-state index contributed by atoms with van der Waals surface area (Å²) in [5.74, 6) is -0.831. The topological polar surface area (TPSA) is 49.4 Å². The quantitative estimate of drug-likeness (QED) is 0.858. The summed E-state index contributed by atoms with van der Waals surface area (Å²) in [6.45, 7) is 1.93. The first-order valence-electron chi connectivity index (χ1n) is 7.90. The fraction of sp³-hybridized carbons (Fsp3) is 0.263. The molecule has 2 aromatic carbocycles. The molecule has 2 rings (SSSR count). The Labute approximate surface area is 151 Å². The van der Waals surface area contributed by atoms with Gasteiger partial charge in [-0.05, 0) is 42.3 Å². The number of benzene rings is 2. The van der Waals surface area contributed by atoms with Crippen LogP contribution in [0.4, 0.5) is 4.39 Å². The lowest BCUT2D eigenvalue weighted by molar-refractivity contribution is -0.139. The molecule has 1 atom stereocenters. The first-order chi connectivity index (χ1) is 11.9. The zero-order valence-corrected chi connectivity index (χ0v) is 14.9. The van der Waals surface area contributed by atoms with Crippen LogP contribution in [0, 0.1) is 5.82 Å². The van der Waals surface area contributed by atoms with E-state index in [4.69, 9.17) is 11.6 Å². The van der Waals surface area contributed by atoms with Gasteiger partial charge in [-0.1, -0.05) is 35.9 Å². The predicted molar refractivity (Wildman–Crippen MR) is 95.6 cm³/mol. The van der Waals surface area contributed by atoms with Gasteiger partial charge in [0.2, 0.25) is 11.8 Å². The summed E-state index contributed by atoms with van der Waals surface area (Å²) in [6, 6.07) is 12.3.